The molecule has 1 heterocycles. The van der Waals surface area contributed by atoms with Crippen molar-refractivity contribution in [1.82, 2.24) is 0 Å². The molecule has 5 nitrogen and oxygen atoms in total. The first-order valence-corrected chi connectivity index (χ1v) is 4.98. The van der Waals surface area contributed by atoms with Gasteiger partial charge in [0.1, 0.15) is 18.7 Å². The lowest BCUT2D eigenvalue weighted by atomic mass is 9.80. The summed E-state index contributed by atoms with van der Waals surface area (Å²) in [5, 5.41) is 0. The molecule has 1 aliphatic heterocycles. The van der Waals surface area contributed by atoms with E-state index in [-0.39, 0.29) is 18.1 Å². The van der Waals surface area contributed by atoms with E-state index in [4.69, 9.17) is 4.74 Å². The van der Waals surface area contributed by atoms with Crippen LogP contribution >= 0.6 is 0 Å². The Hall–Kier alpha value is -1.65. The molecule has 16 heavy (non-hydrogen) atoms. The molecule has 0 saturated carbocycles. The van der Waals surface area contributed by atoms with E-state index in [0.29, 0.717) is 6.29 Å². The van der Waals surface area contributed by atoms with Gasteiger partial charge in [-0.3, -0.25) is 0 Å². The van der Waals surface area contributed by atoms with E-state index in [1.165, 1.54) is 13.4 Å². The third-order valence-electron chi connectivity index (χ3n) is 2.74. The van der Waals surface area contributed by atoms with Gasteiger partial charge in [-0.25, -0.2) is 4.79 Å². The number of carbonyl (C=O) groups is 3. The monoisotopic (exact) mass is 226 g/mol. The van der Waals surface area contributed by atoms with Gasteiger partial charge in [-0.1, -0.05) is 0 Å². The Balaban J connectivity index is 3.00. The highest BCUT2D eigenvalue weighted by Gasteiger charge is 2.37. The molecule has 5 heteroatoms. The maximum atomic E-state index is 11.4. The first-order valence-electron chi connectivity index (χ1n) is 4.98. The molecule has 3 atom stereocenters. The Labute approximate surface area is 93.4 Å². The predicted octanol–water partition coefficient (Wildman–Crippen LogP) is 0.482. The molecule has 0 aromatic carbocycles. The molecule has 1 aliphatic rings. The topological polar surface area (TPSA) is 69.7 Å². The SMILES string of the molecule is COC(=O)C1=CO[C@@H](C)[C@@H](C=O)[C@@H]1CC=O. The van der Waals surface area contributed by atoms with Gasteiger partial charge < -0.3 is 19.1 Å². The van der Waals surface area contributed by atoms with Crippen LogP contribution in [0.5, 0.6) is 0 Å². The third kappa shape index (κ3) is 2.29. The molecule has 1 rings (SSSR count). The minimum absolute atomic E-state index is 0.109. The molecule has 0 N–H and O–H groups in total. The van der Waals surface area contributed by atoms with Crippen molar-refractivity contribution in [2.24, 2.45) is 11.8 Å². The molecule has 0 saturated heterocycles. The number of hydrogen-bond donors (Lipinski definition) is 0. The van der Waals surface area contributed by atoms with Crippen molar-refractivity contribution >= 4 is 18.5 Å². The van der Waals surface area contributed by atoms with Gasteiger partial charge in [0.15, 0.2) is 0 Å². The van der Waals surface area contributed by atoms with Crippen molar-refractivity contribution in [2.75, 3.05) is 7.11 Å². The summed E-state index contributed by atoms with van der Waals surface area (Å²) in [6, 6.07) is 0. The van der Waals surface area contributed by atoms with Crippen LogP contribution in [0.1, 0.15) is 13.3 Å². The van der Waals surface area contributed by atoms with Gasteiger partial charge in [0, 0.05) is 12.3 Å². The van der Waals surface area contributed by atoms with E-state index in [9.17, 15) is 14.4 Å². The molecule has 0 radical (unpaired) electrons. The average molecular weight is 226 g/mol. The normalized spacial score (nSPS) is 28.6. The second kappa shape index (κ2) is 5.44. The van der Waals surface area contributed by atoms with E-state index in [2.05, 4.69) is 4.74 Å². The van der Waals surface area contributed by atoms with Gasteiger partial charge in [-0.05, 0) is 6.92 Å². The molecular weight excluding hydrogens is 212 g/mol. The lowest BCUT2D eigenvalue weighted by Crippen LogP contribution is -2.36. The van der Waals surface area contributed by atoms with Gasteiger partial charge in [-0.2, -0.15) is 0 Å². The number of carbonyl (C=O) groups excluding carboxylic acids is 3. The van der Waals surface area contributed by atoms with Crippen LogP contribution < -0.4 is 0 Å². The van der Waals surface area contributed by atoms with E-state index in [1.54, 1.807) is 6.92 Å². The van der Waals surface area contributed by atoms with E-state index in [1.807, 2.05) is 0 Å². The Morgan fingerprint density at radius 2 is 2.25 bits per heavy atom. The van der Waals surface area contributed by atoms with Crippen molar-refractivity contribution in [2.45, 2.75) is 19.4 Å². The van der Waals surface area contributed by atoms with Crippen LogP contribution in [0, 0.1) is 11.8 Å². The summed E-state index contributed by atoms with van der Waals surface area (Å²) in [6.45, 7) is 1.72. The van der Waals surface area contributed by atoms with Crippen LogP contribution in [0.25, 0.3) is 0 Å². The van der Waals surface area contributed by atoms with Crippen molar-refractivity contribution in [3.63, 3.8) is 0 Å². The molecular formula is C11H14O5. The molecule has 88 valence electrons. The summed E-state index contributed by atoms with van der Waals surface area (Å²) in [5.74, 6) is -1.51. The molecule has 0 spiro atoms. The maximum absolute atomic E-state index is 11.4. The van der Waals surface area contributed by atoms with Crippen LogP contribution in [0.2, 0.25) is 0 Å². The zero-order chi connectivity index (χ0) is 12.1. The van der Waals surface area contributed by atoms with E-state index >= 15 is 0 Å². The van der Waals surface area contributed by atoms with E-state index in [0.717, 1.165) is 6.29 Å². The Morgan fingerprint density at radius 3 is 2.75 bits per heavy atom. The smallest absolute Gasteiger partial charge is 0.337 e. The standard InChI is InChI=1S/C11H14O5/c1-7-9(5-13)8(3-4-12)10(6-16-7)11(14)15-2/h4-9H,3H2,1-2H3/t7-,8-,9+/m0/s1. The van der Waals surface area contributed by atoms with Crippen molar-refractivity contribution < 1.29 is 23.9 Å². The Bertz CT molecular complexity index is 320. The molecule has 0 fully saturated rings. The predicted molar refractivity (Wildman–Crippen MR) is 54.4 cm³/mol. The number of ether oxygens (including phenoxy) is 2. The lowest BCUT2D eigenvalue weighted by molar-refractivity contribution is -0.138. The third-order valence-corrected chi connectivity index (χ3v) is 2.74. The fourth-order valence-corrected chi connectivity index (χ4v) is 1.80. The van der Waals surface area contributed by atoms with Crippen LogP contribution in [0.3, 0.4) is 0 Å². The zero-order valence-electron chi connectivity index (χ0n) is 9.21. The summed E-state index contributed by atoms with van der Waals surface area (Å²) in [6.07, 6.45) is 2.46. The van der Waals surface area contributed by atoms with Gasteiger partial charge in [0.05, 0.1) is 24.9 Å². The second-order valence-electron chi connectivity index (χ2n) is 3.63. The van der Waals surface area contributed by atoms with Gasteiger partial charge in [0.25, 0.3) is 0 Å². The zero-order valence-corrected chi connectivity index (χ0v) is 9.21. The number of esters is 1. The largest absolute Gasteiger partial charge is 0.497 e. The maximum Gasteiger partial charge on any atom is 0.337 e. The van der Waals surface area contributed by atoms with Crippen LogP contribution in [-0.4, -0.2) is 31.8 Å². The lowest BCUT2D eigenvalue weighted by Gasteiger charge is -2.31. The summed E-state index contributed by atoms with van der Waals surface area (Å²) in [5.41, 5.74) is 0.241. The minimum Gasteiger partial charge on any atom is -0.497 e. The average Bonchev–Trinajstić information content (AvgIpc) is 2.29. The number of rotatable bonds is 4. The quantitative estimate of drug-likeness (QED) is 0.515. The molecule has 0 bridgehead atoms. The first kappa shape index (κ1) is 12.4. The minimum atomic E-state index is -0.564. The van der Waals surface area contributed by atoms with Gasteiger partial charge in [0.2, 0.25) is 0 Å². The van der Waals surface area contributed by atoms with Crippen LogP contribution in [0.4, 0.5) is 0 Å². The highest BCUT2D eigenvalue weighted by Crippen LogP contribution is 2.31. The Morgan fingerprint density at radius 1 is 1.56 bits per heavy atom. The molecule has 0 aliphatic carbocycles. The fraction of sp³-hybridized carbons (Fsp3) is 0.545. The van der Waals surface area contributed by atoms with Crippen molar-refractivity contribution in [3.05, 3.63) is 11.8 Å². The Kier molecular flexibility index (Phi) is 4.22. The number of hydrogen-bond acceptors (Lipinski definition) is 5. The molecule has 0 aromatic heterocycles. The molecule has 0 aromatic rings. The van der Waals surface area contributed by atoms with Crippen molar-refractivity contribution in [1.29, 1.82) is 0 Å². The van der Waals surface area contributed by atoms with E-state index < -0.39 is 17.8 Å². The number of methoxy groups -OCH3 is 1. The van der Waals surface area contributed by atoms with Crippen LogP contribution in [0.15, 0.2) is 11.8 Å². The highest BCUT2D eigenvalue weighted by atomic mass is 16.5. The van der Waals surface area contributed by atoms with Crippen molar-refractivity contribution in [3.8, 4) is 0 Å². The highest BCUT2D eigenvalue weighted by molar-refractivity contribution is 5.90. The summed E-state index contributed by atoms with van der Waals surface area (Å²) in [4.78, 5) is 32.9. The van der Waals surface area contributed by atoms with Gasteiger partial charge in [-0.15, -0.1) is 0 Å². The molecule has 0 amide bonds. The van der Waals surface area contributed by atoms with Gasteiger partial charge >= 0.3 is 5.97 Å². The van der Waals surface area contributed by atoms with Crippen LogP contribution in [-0.2, 0) is 23.9 Å². The number of aldehydes is 2. The first-order chi connectivity index (χ1) is 7.65. The summed E-state index contributed by atoms with van der Waals surface area (Å²) >= 11 is 0. The summed E-state index contributed by atoms with van der Waals surface area (Å²) < 4.78 is 9.76. The second-order valence-corrected chi connectivity index (χ2v) is 3.63. The fourth-order valence-electron chi connectivity index (χ4n) is 1.80. The summed E-state index contributed by atoms with van der Waals surface area (Å²) in [7, 11) is 1.25. The molecule has 0 unspecified atom stereocenters.